The Morgan fingerprint density at radius 2 is 2.11 bits per heavy atom. The number of rotatable bonds is 8. The molecule has 0 aliphatic heterocycles. The Morgan fingerprint density at radius 3 is 2.78 bits per heavy atom. The second-order valence-electron chi connectivity index (χ2n) is 4.30. The van der Waals surface area contributed by atoms with Crippen LogP contribution in [0.5, 0.6) is 5.75 Å². The maximum atomic E-state index is 11.5. The number of hydrogen-bond donors (Lipinski definition) is 1. The van der Waals surface area contributed by atoms with E-state index in [9.17, 15) is 4.79 Å². The lowest BCUT2D eigenvalue weighted by Gasteiger charge is -2.11. The average Bonchev–Trinajstić information content (AvgIpc) is 2.38. The van der Waals surface area contributed by atoms with Crippen molar-refractivity contribution in [2.45, 2.75) is 19.8 Å². The van der Waals surface area contributed by atoms with Gasteiger partial charge in [0.1, 0.15) is 5.75 Å². The van der Waals surface area contributed by atoms with Crippen LogP contribution in [0.25, 0.3) is 0 Å². The highest BCUT2D eigenvalue weighted by Crippen LogP contribution is 2.08. The number of nitrogens with one attached hydrogen (secondary N) is 1. The highest BCUT2D eigenvalue weighted by molar-refractivity contribution is 6.17. The molecule has 0 aliphatic carbocycles. The Bertz CT molecular complexity index is 343. The maximum Gasteiger partial charge on any atom is 0.223 e. The molecule has 0 aromatic heterocycles. The monoisotopic (exact) mass is 269 g/mol. The summed E-state index contributed by atoms with van der Waals surface area (Å²) in [7, 11) is 0. The molecule has 1 aromatic rings. The summed E-state index contributed by atoms with van der Waals surface area (Å²) in [6.07, 6.45) is 1.30. The predicted molar refractivity (Wildman–Crippen MR) is 74.1 cm³/mol. The molecular formula is C14H20ClNO2. The number of hydrogen-bond acceptors (Lipinski definition) is 2. The van der Waals surface area contributed by atoms with Crippen molar-refractivity contribution >= 4 is 17.5 Å². The molecule has 18 heavy (non-hydrogen) atoms. The van der Waals surface area contributed by atoms with Crippen molar-refractivity contribution in [3.8, 4) is 5.75 Å². The number of benzene rings is 1. The minimum Gasteiger partial charge on any atom is -0.493 e. The van der Waals surface area contributed by atoms with Gasteiger partial charge in [-0.1, -0.05) is 25.1 Å². The molecule has 1 N–H and O–H groups in total. The van der Waals surface area contributed by atoms with Crippen molar-refractivity contribution < 1.29 is 9.53 Å². The fraction of sp³-hybridized carbons (Fsp3) is 0.500. The molecule has 1 atom stereocenters. The van der Waals surface area contributed by atoms with E-state index in [-0.39, 0.29) is 5.91 Å². The number of alkyl halides is 1. The Balaban J connectivity index is 2.10. The van der Waals surface area contributed by atoms with Crippen molar-refractivity contribution in [3.63, 3.8) is 0 Å². The normalized spacial score (nSPS) is 11.9. The Labute approximate surface area is 113 Å². The first kappa shape index (κ1) is 14.8. The molecule has 0 saturated heterocycles. The highest BCUT2D eigenvalue weighted by atomic mass is 35.5. The molecule has 0 saturated carbocycles. The van der Waals surface area contributed by atoms with Gasteiger partial charge in [0.05, 0.1) is 13.0 Å². The molecular weight excluding hydrogens is 250 g/mol. The van der Waals surface area contributed by atoms with Crippen LogP contribution in [0.2, 0.25) is 0 Å². The molecule has 0 radical (unpaired) electrons. The lowest BCUT2D eigenvalue weighted by molar-refractivity contribution is -0.121. The van der Waals surface area contributed by atoms with E-state index in [0.717, 1.165) is 12.2 Å². The van der Waals surface area contributed by atoms with Crippen LogP contribution in [0.1, 0.15) is 19.8 Å². The molecule has 1 rings (SSSR count). The largest absolute Gasteiger partial charge is 0.493 e. The zero-order valence-electron chi connectivity index (χ0n) is 10.7. The van der Waals surface area contributed by atoms with Crippen LogP contribution in [-0.2, 0) is 4.79 Å². The van der Waals surface area contributed by atoms with Crippen molar-refractivity contribution in [1.82, 2.24) is 5.32 Å². The molecule has 0 aliphatic rings. The van der Waals surface area contributed by atoms with Gasteiger partial charge in [-0.05, 0) is 24.5 Å². The van der Waals surface area contributed by atoms with Gasteiger partial charge >= 0.3 is 0 Å². The summed E-state index contributed by atoms with van der Waals surface area (Å²) in [6.45, 7) is 3.15. The molecule has 1 aromatic carbocycles. The molecule has 0 bridgehead atoms. The summed E-state index contributed by atoms with van der Waals surface area (Å²) in [6, 6.07) is 9.49. The Kier molecular flexibility index (Phi) is 7.26. The quantitative estimate of drug-likeness (QED) is 0.737. The number of halogens is 1. The van der Waals surface area contributed by atoms with Crippen LogP contribution in [0.3, 0.4) is 0 Å². The van der Waals surface area contributed by atoms with Crippen LogP contribution >= 0.6 is 11.6 Å². The SMILES string of the molecule is CC(CCCl)CNC(=O)CCOc1ccccc1. The molecule has 0 fully saturated rings. The number of ether oxygens (including phenoxy) is 1. The van der Waals surface area contributed by atoms with Crippen LogP contribution in [0, 0.1) is 5.92 Å². The van der Waals surface area contributed by atoms with E-state index >= 15 is 0 Å². The van der Waals surface area contributed by atoms with Crippen LogP contribution in [-0.4, -0.2) is 24.9 Å². The number of para-hydroxylation sites is 1. The van der Waals surface area contributed by atoms with E-state index in [1.807, 2.05) is 30.3 Å². The number of carbonyl (C=O) groups excluding carboxylic acids is 1. The molecule has 3 nitrogen and oxygen atoms in total. The molecule has 1 amide bonds. The summed E-state index contributed by atoms with van der Waals surface area (Å²) >= 11 is 5.63. The zero-order chi connectivity index (χ0) is 13.2. The fourth-order valence-corrected chi connectivity index (χ4v) is 1.82. The van der Waals surface area contributed by atoms with Gasteiger partial charge in [0, 0.05) is 12.4 Å². The van der Waals surface area contributed by atoms with E-state index in [0.29, 0.717) is 31.4 Å². The van der Waals surface area contributed by atoms with Gasteiger partial charge in [0.15, 0.2) is 0 Å². The summed E-state index contributed by atoms with van der Waals surface area (Å²) in [4.78, 5) is 11.5. The van der Waals surface area contributed by atoms with Crippen LogP contribution < -0.4 is 10.1 Å². The Hall–Kier alpha value is -1.22. The first-order valence-electron chi connectivity index (χ1n) is 6.23. The van der Waals surface area contributed by atoms with Crippen molar-refractivity contribution in [2.75, 3.05) is 19.0 Å². The topological polar surface area (TPSA) is 38.3 Å². The van der Waals surface area contributed by atoms with Crippen molar-refractivity contribution in [3.05, 3.63) is 30.3 Å². The maximum absolute atomic E-state index is 11.5. The van der Waals surface area contributed by atoms with Crippen LogP contribution in [0.4, 0.5) is 0 Å². The molecule has 0 spiro atoms. The lowest BCUT2D eigenvalue weighted by atomic mass is 10.1. The standard InChI is InChI=1S/C14H20ClNO2/c1-12(7-9-15)11-16-14(17)8-10-18-13-5-3-2-4-6-13/h2-6,12H,7-11H2,1H3,(H,16,17). The smallest absolute Gasteiger partial charge is 0.223 e. The summed E-state index contributed by atoms with van der Waals surface area (Å²) < 4.78 is 5.45. The van der Waals surface area contributed by atoms with E-state index in [4.69, 9.17) is 16.3 Å². The third-order valence-electron chi connectivity index (χ3n) is 2.59. The van der Waals surface area contributed by atoms with Crippen molar-refractivity contribution in [1.29, 1.82) is 0 Å². The summed E-state index contributed by atoms with van der Waals surface area (Å²) in [5, 5.41) is 2.88. The van der Waals surface area contributed by atoms with E-state index in [1.54, 1.807) is 0 Å². The van der Waals surface area contributed by atoms with Gasteiger partial charge in [0.2, 0.25) is 5.91 Å². The van der Waals surface area contributed by atoms with Gasteiger partial charge in [-0.3, -0.25) is 4.79 Å². The molecule has 1 unspecified atom stereocenters. The first-order valence-corrected chi connectivity index (χ1v) is 6.76. The molecule has 0 heterocycles. The third kappa shape index (κ3) is 6.50. The summed E-state index contributed by atoms with van der Waals surface area (Å²) in [5.41, 5.74) is 0. The summed E-state index contributed by atoms with van der Waals surface area (Å²) in [5.74, 6) is 1.86. The predicted octanol–water partition coefficient (Wildman–Crippen LogP) is 2.84. The van der Waals surface area contributed by atoms with Crippen molar-refractivity contribution in [2.24, 2.45) is 5.92 Å². The number of amides is 1. The van der Waals surface area contributed by atoms with Crippen LogP contribution in [0.15, 0.2) is 30.3 Å². The minimum atomic E-state index is 0.0207. The van der Waals surface area contributed by atoms with Gasteiger partial charge < -0.3 is 10.1 Å². The van der Waals surface area contributed by atoms with E-state index in [1.165, 1.54) is 0 Å². The third-order valence-corrected chi connectivity index (χ3v) is 2.81. The fourth-order valence-electron chi connectivity index (χ4n) is 1.44. The van der Waals surface area contributed by atoms with E-state index in [2.05, 4.69) is 12.2 Å². The average molecular weight is 270 g/mol. The second kappa shape index (κ2) is 8.81. The molecule has 100 valence electrons. The second-order valence-corrected chi connectivity index (χ2v) is 4.68. The number of carbonyl (C=O) groups is 1. The zero-order valence-corrected chi connectivity index (χ0v) is 11.5. The lowest BCUT2D eigenvalue weighted by Crippen LogP contribution is -2.29. The minimum absolute atomic E-state index is 0.0207. The highest BCUT2D eigenvalue weighted by Gasteiger charge is 2.05. The van der Waals surface area contributed by atoms with Gasteiger partial charge in [0.25, 0.3) is 0 Å². The van der Waals surface area contributed by atoms with Gasteiger partial charge in [-0.2, -0.15) is 0 Å². The van der Waals surface area contributed by atoms with E-state index < -0.39 is 0 Å². The molecule has 4 heteroatoms. The van der Waals surface area contributed by atoms with Gasteiger partial charge in [-0.15, -0.1) is 11.6 Å². The first-order chi connectivity index (χ1) is 8.72. The van der Waals surface area contributed by atoms with Gasteiger partial charge in [-0.25, -0.2) is 0 Å². The Morgan fingerprint density at radius 1 is 1.39 bits per heavy atom.